The molecule has 3 aromatic rings. The lowest BCUT2D eigenvalue weighted by Crippen LogP contribution is -2.28. The lowest BCUT2D eigenvalue weighted by Gasteiger charge is -2.25. The van der Waals surface area contributed by atoms with E-state index in [2.05, 4.69) is 5.32 Å². The van der Waals surface area contributed by atoms with E-state index >= 15 is 0 Å². The molecule has 6 heteroatoms. The van der Waals surface area contributed by atoms with Crippen molar-refractivity contribution in [1.82, 2.24) is 0 Å². The maximum absolute atomic E-state index is 14.4. The van der Waals surface area contributed by atoms with Gasteiger partial charge in [-0.25, -0.2) is 4.39 Å². The molecule has 0 spiro atoms. The fraction of sp³-hybridized carbons (Fsp3) is 0.167. The van der Waals surface area contributed by atoms with E-state index in [0.29, 0.717) is 22.7 Å². The molecule has 4 rings (SSSR count). The molecule has 1 saturated heterocycles. The Hall–Kier alpha value is -3.12. The molecule has 1 fully saturated rings. The molecule has 1 aliphatic heterocycles. The average molecular weight is 421 g/mol. The summed E-state index contributed by atoms with van der Waals surface area (Å²) in [5.74, 6) is -0.421. The smallest absolute Gasteiger partial charge is 0.255 e. The molecule has 0 unspecified atom stereocenters. The van der Waals surface area contributed by atoms with Crippen LogP contribution in [0, 0.1) is 19.7 Å². The number of benzene rings is 3. The predicted octanol–water partition coefficient (Wildman–Crippen LogP) is 5.47. The topological polar surface area (TPSA) is 49.4 Å². The van der Waals surface area contributed by atoms with Gasteiger partial charge in [-0.1, -0.05) is 35.9 Å². The Morgan fingerprint density at radius 3 is 2.37 bits per heavy atom. The van der Waals surface area contributed by atoms with Crippen LogP contribution in [0.15, 0.2) is 66.7 Å². The molecule has 1 N–H and O–H groups in total. The third-order valence-corrected chi connectivity index (χ3v) is 6.21. The number of thioether (sulfide) groups is 1. The van der Waals surface area contributed by atoms with Crippen LogP contribution in [0.2, 0.25) is 0 Å². The highest BCUT2D eigenvalue weighted by Crippen LogP contribution is 2.43. The van der Waals surface area contributed by atoms with Crippen LogP contribution in [0.3, 0.4) is 0 Å². The van der Waals surface area contributed by atoms with Crippen molar-refractivity contribution >= 4 is 35.0 Å². The molecule has 1 aliphatic rings. The third kappa shape index (κ3) is 4.09. The summed E-state index contributed by atoms with van der Waals surface area (Å²) >= 11 is 1.46. The van der Waals surface area contributed by atoms with E-state index < -0.39 is 5.82 Å². The van der Waals surface area contributed by atoms with E-state index in [1.165, 1.54) is 22.7 Å². The third-order valence-electron chi connectivity index (χ3n) is 5.00. The van der Waals surface area contributed by atoms with Gasteiger partial charge in [0.15, 0.2) is 0 Å². The van der Waals surface area contributed by atoms with Gasteiger partial charge in [0.25, 0.3) is 5.91 Å². The average Bonchev–Trinajstić information content (AvgIpc) is 3.12. The van der Waals surface area contributed by atoms with Crippen molar-refractivity contribution in [3.05, 3.63) is 94.8 Å². The number of aryl methyl sites for hydroxylation is 2. The summed E-state index contributed by atoms with van der Waals surface area (Å²) in [7, 11) is 0. The van der Waals surface area contributed by atoms with E-state index in [0.717, 1.165) is 16.7 Å². The Balaban J connectivity index is 1.54. The van der Waals surface area contributed by atoms with Gasteiger partial charge in [0.05, 0.1) is 11.4 Å². The Bertz CT molecular complexity index is 1100. The zero-order valence-corrected chi connectivity index (χ0v) is 17.5. The summed E-state index contributed by atoms with van der Waals surface area (Å²) in [4.78, 5) is 26.4. The Morgan fingerprint density at radius 1 is 1.00 bits per heavy atom. The summed E-state index contributed by atoms with van der Waals surface area (Å²) in [6.07, 6.45) is 0. The minimum absolute atomic E-state index is 0.119. The summed E-state index contributed by atoms with van der Waals surface area (Å²) in [6, 6.07) is 19.5. The van der Waals surface area contributed by atoms with Crippen LogP contribution >= 0.6 is 11.8 Å². The number of carbonyl (C=O) groups excluding carboxylic acids is 2. The zero-order chi connectivity index (χ0) is 21.3. The highest BCUT2D eigenvalue weighted by molar-refractivity contribution is 8.00. The van der Waals surface area contributed by atoms with Crippen LogP contribution in [0.4, 0.5) is 15.8 Å². The molecule has 1 heterocycles. The molecular formula is C24H21FN2O2S. The standard InChI is InChI=1S/C24H21FN2O2S/c1-15-3-6-17(7-4-15)23(29)26-19-10-8-18(9-11-19)24-27(22(28)14-30-24)21-13-16(2)5-12-20(21)25/h3-13,24H,14H2,1-2H3,(H,26,29)/t24-/m0/s1. The minimum atomic E-state index is -0.413. The Morgan fingerprint density at radius 2 is 1.67 bits per heavy atom. The first-order valence-corrected chi connectivity index (χ1v) is 10.6. The number of hydrogen-bond donors (Lipinski definition) is 1. The first-order chi connectivity index (χ1) is 14.4. The summed E-state index contributed by atoms with van der Waals surface area (Å²) < 4.78 is 14.4. The van der Waals surface area contributed by atoms with Crippen molar-refractivity contribution in [2.24, 2.45) is 0 Å². The quantitative estimate of drug-likeness (QED) is 0.609. The van der Waals surface area contributed by atoms with Gasteiger partial charge in [-0.15, -0.1) is 11.8 Å². The number of nitrogens with zero attached hydrogens (tertiary/aromatic N) is 1. The summed E-state index contributed by atoms with van der Waals surface area (Å²) in [5.41, 5.74) is 4.40. The molecule has 30 heavy (non-hydrogen) atoms. The lowest BCUT2D eigenvalue weighted by atomic mass is 10.1. The molecule has 0 bridgehead atoms. The molecular weight excluding hydrogens is 399 g/mol. The van der Waals surface area contributed by atoms with Gasteiger partial charge < -0.3 is 5.32 Å². The Kier molecular flexibility index (Phi) is 5.59. The van der Waals surface area contributed by atoms with Gasteiger partial charge in [0.1, 0.15) is 11.2 Å². The largest absolute Gasteiger partial charge is 0.322 e. The number of rotatable bonds is 4. The summed E-state index contributed by atoms with van der Waals surface area (Å²) in [5, 5.41) is 2.57. The molecule has 4 nitrogen and oxygen atoms in total. The van der Waals surface area contributed by atoms with Gasteiger partial charge in [-0.05, 0) is 61.4 Å². The van der Waals surface area contributed by atoms with Crippen molar-refractivity contribution in [2.45, 2.75) is 19.2 Å². The van der Waals surface area contributed by atoms with Crippen molar-refractivity contribution in [3.8, 4) is 0 Å². The van der Waals surface area contributed by atoms with Gasteiger partial charge in [0.2, 0.25) is 5.91 Å². The maximum atomic E-state index is 14.4. The highest BCUT2D eigenvalue weighted by atomic mass is 32.2. The lowest BCUT2D eigenvalue weighted by molar-refractivity contribution is -0.115. The SMILES string of the molecule is Cc1ccc(C(=O)Nc2ccc([C@@H]3SCC(=O)N3c3cc(C)ccc3F)cc2)cc1. The first-order valence-electron chi connectivity index (χ1n) is 9.60. The van der Waals surface area contributed by atoms with E-state index in [1.54, 1.807) is 36.4 Å². The van der Waals surface area contributed by atoms with Crippen molar-refractivity contribution in [1.29, 1.82) is 0 Å². The van der Waals surface area contributed by atoms with E-state index in [4.69, 9.17) is 0 Å². The number of anilines is 2. The van der Waals surface area contributed by atoms with E-state index in [1.807, 2.05) is 38.1 Å². The molecule has 1 atom stereocenters. The second-order valence-electron chi connectivity index (χ2n) is 7.32. The van der Waals surface area contributed by atoms with Crippen LogP contribution in [-0.4, -0.2) is 17.6 Å². The summed E-state index contributed by atoms with van der Waals surface area (Å²) in [6.45, 7) is 3.84. The van der Waals surface area contributed by atoms with E-state index in [-0.39, 0.29) is 17.2 Å². The Labute approximate surface area is 179 Å². The number of nitrogens with one attached hydrogen (secondary N) is 1. The first kappa shape index (κ1) is 20.2. The van der Waals surface area contributed by atoms with Crippen molar-refractivity contribution < 1.29 is 14.0 Å². The van der Waals surface area contributed by atoms with Crippen LogP contribution < -0.4 is 10.2 Å². The second-order valence-corrected chi connectivity index (χ2v) is 8.39. The zero-order valence-electron chi connectivity index (χ0n) is 16.7. The molecule has 0 aromatic heterocycles. The van der Waals surface area contributed by atoms with Gasteiger partial charge in [-0.2, -0.15) is 0 Å². The maximum Gasteiger partial charge on any atom is 0.255 e. The number of halogens is 1. The monoisotopic (exact) mass is 420 g/mol. The number of hydrogen-bond acceptors (Lipinski definition) is 3. The fourth-order valence-electron chi connectivity index (χ4n) is 3.38. The van der Waals surface area contributed by atoms with Crippen molar-refractivity contribution in [2.75, 3.05) is 16.0 Å². The molecule has 3 aromatic carbocycles. The molecule has 0 radical (unpaired) electrons. The van der Waals surface area contributed by atoms with Crippen LogP contribution in [0.1, 0.15) is 32.4 Å². The minimum Gasteiger partial charge on any atom is -0.322 e. The highest BCUT2D eigenvalue weighted by Gasteiger charge is 2.35. The van der Waals surface area contributed by atoms with Gasteiger partial charge in [-0.3, -0.25) is 14.5 Å². The van der Waals surface area contributed by atoms with Crippen LogP contribution in [0.25, 0.3) is 0 Å². The second kappa shape index (κ2) is 8.32. The van der Waals surface area contributed by atoms with E-state index in [9.17, 15) is 14.0 Å². The molecule has 152 valence electrons. The van der Waals surface area contributed by atoms with Crippen LogP contribution in [0.5, 0.6) is 0 Å². The molecule has 0 saturated carbocycles. The van der Waals surface area contributed by atoms with Gasteiger partial charge in [0, 0.05) is 11.3 Å². The normalized spacial score (nSPS) is 16.0. The van der Waals surface area contributed by atoms with Crippen LogP contribution in [-0.2, 0) is 4.79 Å². The fourth-order valence-corrected chi connectivity index (χ4v) is 4.55. The predicted molar refractivity (Wildman–Crippen MR) is 119 cm³/mol. The molecule has 2 amide bonds. The van der Waals surface area contributed by atoms with Gasteiger partial charge >= 0.3 is 0 Å². The molecule has 0 aliphatic carbocycles. The number of amides is 2. The number of carbonyl (C=O) groups is 2. The van der Waals surface area contributed by atoms with Crippen molar-refractivity contribution in [3.63, 3.8) is 0 Å².